The Morgan fingerprint density at radius 1 is 1.47 bits per heavy atom. The minimum Gasteiger partial charge on any atom is -0.383 e. The molecule has 104 valence electrons. The van der Waals surface area contributed by atoms with Crippen molar-refractivity contribution in [2.45, 2.75) is 13.3 Å². The first-order chi connectivity index (χ1) is 9.13. The van der Waals surface area contributed by atoms with Crippen LogP contribution in [0.3, 0.4) is 0 Å². The van der Waals surface area contributed by atoms with Crippen molar-refractivity contribution < 1.29 is 14.3 Å². The molecule has 0 radical (unpaired) electrons. The number of carbonyl (C=O) groups is 2. The molecule has 2 N–H and O–H groups in total. The van der Waals surface area contributed by atoms with Gasteiger partial charge in [-0.05, 0) is 18.4 Å². The van der Waals surface area contributed by atoms with Gasteiger partial charge in [0.05, 0.1) is 17.9 Å². The molecule has 1 aromatic rings. The van der Waals surface area contributed by atoms with E-state index in [4.69, 9.17) is 4.74 Å². The largest absolute Gasteiger partial charge is 0.383 e. The number of hydrazone groups is 1. The van der Waals surface area contributed by atoms with Gasteiger partial charge in [-0.15, -0.1) is 11.3 Å². The number of thiophene rings is 1. The maximum Gasteiger partial charge on any atom is 0.281 e. The van der Waals surface area contributed by atoms with E-state index in [0.717, 1.165) is 0 Å². The van der Waals surface area contributed by atoms with Gasteiger partial charge in [-0.2, -0.15) is 5.10 Å². The molecule has 6 nitrogen and oxygen atoms in total. The molecule has 1 rings (SSSR count). The summed E-state index contributed by atoms with van der Waals surface area (Å²) >= 11 is 1.34. The van der Waals surface area contributed by atoms with Crippen molar-refractivity contribution in [3.05, 3.63) is 22.4 Å². The highest BCUT2D eigenvalue weighted by atomic mass is 32.1. The molecule has 0 saturated heterocycles. The Balaban J connectivity index is 2.32. The maximum absolute atomic E-state index is 11.6. The van der Waals surface area contributed by atoms with E-state index < -0.39 is 0 Å². The van der Waals surface area contributed by atoms with Crippen LogP contribution >= 0.6 is 11.3 Å². The number of rotatable bonds is 7. The van der Waals surface area contributed by atoms with E-state index in [1.807, 2.05) is 5.38 Å². The van der Waals surface area contributed by atoms with Gasteiger partial charge in [0.25, 0.3) is 5.91 Å². The fraction of sp³-hybridized carbons (Fsp3) is 0.417. The van der Waals surface area contributed by atoms with E-state index in [1.54, 1.807) is 26.2 Å². The quantitative estimate of drug-likeness (QED) is 0.445. The molecular formula is C12H17N3O3S. The Labute approximate surface area is 115 Å². The van der Waals surface area contributed by atoms with E-state index in [0.29, 0.717) is 23.7 Å². The predicted octanol–water partition coefficient (Wildman–Crippen LogP) is 1.01. The topological polar surface area (TPSA) is 79.8 Å². The van der Waals surface area contributed by atoms with Crippen molar-refractivity contribution in [1.82, 2.24) is 10.7 Å². The number of ether oxygens (including phenoxy) is 1. The number of methoxy groups -OCH3 is 1. The molecule has 1 aromatic heterocycles. The van der Waals surface area contributed by atoms with Gasteiger partial charge in [0.15, 0.2) is 0 Å². The molecular weight excluding hydrogens is 266 g/mol. The average Bonchev–Trinajstić information content (AvgIpc) is 2.90. The van der Waals surface area contributed by atoms with Gasteiger partial charge >= 0.3 is 0 Å². The molecule has 2 amide bonds. The summed E-state index contributed by atoms with van der Waals surface area (Å²) in [6.07, 6.45) is 0.147. The zero-order valence-electron chi connectivity index (χ0n) is 10.9. The third kappa shape index (κ3) is 6.12. The molecule has 0 fully saturated rings. The van der Waals surface area contributed by atoms with Gasteiger partial charge in [0.1, 0.15) is 0 Å². The molecule has 0 spiro atoms. The number of hydrogen-bond donors (Lipinski definition) is 2. The number of nitrogens with one attached hydrogen (secondary N) is 2. The summed E-state index contributed by atoms with van der Waals surface area (Å²) in [7, 11) is 1.57. The lowest BCUT2D eigenvalue weighted by atomic mass is 10.3. The van der Waals surface area contributed by atoms with Gasteiger partial charge in [0.2, 0.25) is 5.91 Å². The minimum absolute atomic E-state index is 0.147. The van der Waals surface area contributed by atoms with Crippen LogP contribution in [-0.4, -0.2) is 37.8 Å². The van der Waals surface area contributed by atoms with E-state index in [-0.39, 0.29) is 18.2 Å². The van der Waals surface area contributed by atoms with E-state index in [9.17, 15) is 9.59 Å². The fourth-order valence-corrected chi connectivity index (χ4v) is 1.85. The molecule has 0 unspecified atom stereocenters. The zero-order valence-corrected chi connectivity index (χ0v) is 11.8. The third-order valence-electron chi connectivity index (χ3n) is 2.14. The van der Waals surface area contributed by atoms with Gasteiger partial charge in [-0.25, -0.2) is 5.43 Å². The SMILES string of the molecule is COCCNC(=O)CC(C)=NNC(=O)c1cccs1. The molecule has 1 heterocycles. The summed E-state index contributed by atoms with van der Waals surface area (Å²) in [6, 6.07) is 3.50. The number of hydrogen-bond acceptors (Lipinski definition) is 5. The van der Waals surface area contributed by atoms with Crippen LogP contribution in [0.1, 0.15) is 23.0 Å². The summed E-state index contributed by atoms with van der Waals surface area (Å²) < 4.78 is 4.82. The Bertz CT molecular complexity index is 443. The Hall–Kier alpha value is -1.73. The van der Waals surface area contributed by atoms with E-state index in [1.165, 1.54) is 11.3 Å². The van der Waals surface area contributed by atoms with Crippen LogP contribution in [0, 0.1) is 0 Å². The lowest BCUT2D eigenvalue weighted by molar-refractivity contribution is -0.120. The van der Waals surface area contributed by atoms with Crippen LogP contribution in [0.2, 0.25) is 0 Å². The van der Waals surface area contributed by atoms with Crippen molar-refractivity contribution in [3.63, 3.8) is 0 Å². The highest BCUT2D eigenvalue weighted by molar-refractivity contribution is 7.12. The molecule has 0 bridgehead atoms. The summed E-state index contributed by atoms with van der Waals surface area (Å²) in [5.41, 5.74) is 2.95. The molecule has 19 heavy (non-hydrogen) atoms. The van der Waals surface area contributed by atoms with Crippen molar-refractivity contribution >= 4 is 28.9 Å². The molecule has 0 atom stereocenters. The Morgan fingerprint density at radius 3 is 2.89 bits per heavy atom. The normalized spacial score (nSPS) is 11.2. The lowest BCUT2D eigenvalue weighted by Crippen LogP contribution is -2.29. The van der Waals surface area contributed by atoms with E-state index >= 15 is 0 Å². The van der Waals surface area contributed by atoms with Crippen molar-refractivity contribution in [3.8, 4) is 0 Å². The summed E-state index contributed by atoms with van der Waals surface area (Å²) in [6.45, 7) is 2.62. The van der Waals surface area contributed by atoms with Crippen LogP contribution in [-0.2, 0) is 9.53 Å². The van der Waals surface area contributed by atoms with Gasteiger partial charge in [-0.1, -0.05) is 6.07 Å². The standard InChI is InChI=1S/C12H17N3O3S/c1-9(8-11(16)13-5-6-18-2)14-15-12(17)10-4-3-7-19-10/h3-4,7H,5-6,8H2,1-2H3,(H,13,16)(H,15,17). The first-order valence-electron chi connectivity index (χ1n) is 5.76. The summed E-state index contributed by atoms with van der Waals surface area (Å²) in [5.74, 6) is -0.419. The zero-order chi connectivity index (χ0) is 14.1. The highest BCUT2D eigenvalue weighted by Crippen LogP contribution is 2.07. The molecule has 0 saturated carbocycles. The highest BCUT2D eigenvalue weighted by Gasteiger charge is 2.06. The Morgan fingerprint density at radius 2 is 2.26 bits per heavy atom. The molecule has 0 aliphatic carbocycles. The van der Waals surface area contributed by atoms with Gasteiger partial charge in [0, 0.05) is 19.4 Å². The minimum atomic E-state index is -0.269. The molecule has 0 aromatic carbocycles. The number of carbonyl (C=O) groups excluding carboxylic acids is 2. The number of amides is 2. The summed E-state index contributed by atoms with van der Waals surface area (Å²) in [5, 5.41) is 8.37. The molecule has 0 aliphatic rings. The van der Waals surface area contributed by atoms with Crippen LogP contribution in [0.5, 0.6) is 0 Å². The smallest absolute Gasteiger partial charge is 0.281 e. The second-order valence-corrected chi connectivity index (χ2v) is 4.73. The second-order valence-electron chi connectivity index (χ2n) is 3.78. The summed E-state index contributed by atoms with van der Waals surface area (Å²) in [4.78, 5) is 23.6. The van der Waals surface area contributed by atoms with Crippen molar-refractivity contribution in [2.75, 3.05) is 20.3 Å². The predicted molar refractivity (Wildman–Crippen MR) is 74.4 cm³/mol. The first-order valence-corrected chi connectivity index (χ1v) is 6.64. The van der Waals surface area contributed by atoms with Crippen LogP contribution in [0.25, 0.3) is 0 Å². The van der Waals surface area contributed by atoms with Crippen molar-refractivity contribution in [2.24, 2.45) is 5.10 Å². The van der Waals surface area contributed by atoms with Crippen molar-refractivity contribution in [1.29, 1.82) is 0 Å². The van der Waals surface area contributed by atoms with Crippen LogP contribution in [0.15, 0.2) is 22.6 Å². The molecule has 7 heteroatoms. The first kappa shape index (κ1) is 15.3. The number of nitrogens with zero attached hydrogens (tertiary/aromatic N) is 1. The maximum atomic E-state index is 11.6. The monoisotopic (exact) mass is 283 g/mol. The fourth-order valence-electron chi connectivity index (χ4n) is 1.24. The lowest BCUT2D eigenvalue weighted by Gasteiger charge is -2.04. The average molecular weight is 283 g/mol. The third-order valence-corrected chi connectivity index (χ3v) is 3.01. The second kappa shape index (κ2) is 8.39. The molecule has 0 aliphatic heterocycles. The van der Waals surface area contributed by atoms with Crippen LogP contribution < -0.4 is 10.7 Å². The van der Waals surface area contributed by atoms with Gasteiger partial charge in [-0.3, -0.25) is 9.59 Å². The van der Waals surface area contributed by atoms with Crippen LogP contribution in [0.4, 0.5) is 0 Å². The Kier molecular flexibility index (Phi) is 6.76. The van der Waals surface area contributed by atoms with E-state index in [2.05, 4.69) is 15.8 Å². The van der Waals surface area contributed by atoms with Gasteiger partial charge < -0.3 is 10.1 Å².